The van der Waals surface area contributed by atoms with Gasteiger partial charge in [0.25, 0.3) is 5.91 Å². The molecule has 0 fully saturated rings. The molecule has 3 N–H and O–H groups in total. The first-order chi connectivity index (χ1) is 10.7. The van der Waals surface area contributed by atoms with Crippen LogP contribution in [0.2, 0.25) is 0 Å². The van der Waals surface area contributed by atoms with Crippen molar-refractivity contribution in [1.29, 1.82) is 0 Å². The zero-order valence-corrected chi connectivity index (χ0v) is 11.2. The Kier molecular flexibility index (Phi) is 2.65. The molecule has 7 heteroatoms. The third-order valence-corrected chi connectivity index (χ3v) is 3.45. The van der Waals surface area contributed by atoms with Crippen molar-refractivity contribution >= 4 is 33.5 Å². The Morgan fingerprint density at radius 2 is 2.09 bits per heavy atom. The molecule has 0 saturated carbocycles. The summed E-state index contributed by atoms with van der Waals surface area (Å²) in [5.74, 6) is -0.893. The van der Waals surface area contributed by atoms with E-state index in [-0.39, 0.29) is 5.56 Å². The molecule has 0 bridgehead atoms. The van der Waals surface area contributed by atoms with E-state index in [0.29, 0.717) is 16.6 Å². The van der Waals surface area contributed by atoms with E-state index in [1.54, 1.807) is 24.5 Å². The number of carbonyl (C=O) groups is 1. The van der Waals surface area contributed by atoms with Crippen molar-refractivity contribution in [2.45, 2.75) is 0 Å². The van der Waals surface area contributed by atoms with Crippen LogP contribution in [0, 0.1) is 5.82 Å². The second-order valence-electron chi connectivity index (χ2n) is 4.87. The Morgan fingerprint density at radius 1 is 1.18 bits per heavy atom. The number of rotatable bonds is 2. The average Bonchev–Trinajstić information content (AvgIpc) is 3.13. The van der Waals surface area contributed by atoms with Gasteiger partial charge < -0.3 is 10.3 Å². The summed E-state index contributed by atoms with van der Waals surface area (Å²) in [6, 6.07) is 7.80. The highest BCUT2D eigenvalue weighted by Gasteiger charge is 2.14. The second kappa shape index (κ2) is 4.66. The number of nitrogens with zero attached hydrogens (tertiary/aromatic N) is 2. The molecule has 2 heterocycles. The van der Waals surface area contributed by atoms with Crippen LogP contribution in [-0.2, 0) is 0 Å². The number of imidazole rings is 1. The number of amides is 1. The summed E-state index contributed by atoms with van der Waals surface area (Å²) in [6.07, 6.45) is 3.08. The highest BCUT2D eigenvalue weighted by atomic mass is 19.1. The van der Waals surface area contributed by atoms with Crippen molar-refractivity contribution < 1.29 is 9.18 Å². The van der Waals surface area contributed by atoms with Gasteiger partial charge in [0.05, 0.1) is 34.6 Å². The van der Waals surface area contributed by atoms with Gasteiger partial charge in [-0.1, -0.05) is 0 Å². The fraction of sp³-hybridized carbons (Fsp3) is 0. The molecule has 6 nitrogen and oxygen atoms in total. The molecule has 0 atom stereocenters. The van der Waals surface area contributed by atoms with Crippen LogP contribution in [0.3, 0.4) is 0 Å². The van der Waals surface area contributed by atoms with Gasteiger partial charge in [-0.2, -0.15) is 5.10 Å². The number of fused-ring (bicyclic) bond motifs is 2. The molecule has 1 amide bonds. The molecule has 108 valence electrons. The van der Waals surface area contributed by atoms with Crippen molar-refractivity contribution in [2.75, 3.05) is 5.32 Å². The fourth-order valence-corrected chi connectivity index (χ4v) is 2.42. The first-order valence-corrected chi connectivity index (χ1v) is 6.58. The number of aromatic nitrogens is 4. The summed E-state index contributed by atoms with van der Waals surface area (Å²) in [7, 11) is 0. The molecule has 0 aliphatic rings. The minimum absolute atomic E-state index is 0.230. The number of hydrogen-bond donors (Lipinski definition) is 3. The lowest BCUT2D eigenvalue weighted by Crippen LogP contribution is -2.12. The standard InChI is InChI=1S/C15H10FN5O/c16-8-3-10(11-6-19-21-13(11)4-8)15(22)20-9-1-2-12-14(5-9)18-7-17-12/h1-7H,(H,17,18)(H,19,21)(H,20,22). The molecule has 22 heavy (non-hydrogen) atoms. The number of carbonyl (C=O) groups excluding carboxylic acids is 1. The summed E-state index contributed by atoms with van der Waals surface area (Å²) in [5, 5.41) is 9.82. The van der Waals surface area contributed by atoms with Crippen LogP contribution in [0.1, 0.15) is 10.4 Å². The van der Waals surface area contributed by atoms with Crippen molar-refractivity contribution in [3.8, 4) is 0 Å². The van der Waals surface area contributed by atoms with Crippen molar-refractivity contribution in [3.63, 3.8) is 0 Å². The van der Waals surface area contributed by atoms with Gasteiger partial charge in [0, 0.05) is 11.1 Å². The number of H-pyrrole nitrogens is 2. The first kappa shape index (κ1) is 12.5. The lowest BCUT2D eigenvalue weighted by atomic mass is 10.1. The summed E-state index contributed by atoms with van der Waals surface area (Å²) < 4.78 is 13.6. The third kappa shape index (κ3) is 1.99. The number of nitrogens with one attached hydrogen (secondary N) is 3. The number of aromatic amines is 2. The van der Waals surface area contributed by atoms with Crippen molar-refractivity contribution in [1.82, 2.24) is 20.2 Å². The number of anilines is 1. The molecular formula is C15H10FN5O. The van der Waals surface area contributed by atoms with Crippen LogP contribution in [0.5, 0.6) is 0 Å². The lowest BCUT2D eigenvalue weighted by Gasteiger charge is -2.06. The predicted molar refractivity (Wildman–Crippen MR) is 80.1 cm³/mol. The number of halogens is 1. The Bertz CT molecular complexity index is 1000. The third-order valence-electron chi connectivity index (χ3n) is 3.45. The van der Waals surface area contributed by atoms with E-state index < -0.39 is 11.7 Å². The zero-order valence-electron chi connectivity index (χ0n) is 11.2. The van der Waals surface area contributed by atoms with E-state index in [1.807, 2.05) is 0 Å². The molecule has 4 aromatic rings. The van der Waals surface area contributed by atoms with E-state index in [9.17, 15) is 9.18 Å². The maximum Gasteiger partial charge on any atom is 0.256 e. The van der Waals surface area contributed by atoms with Crippen LogP contribution in [0.25, 0.3) is 21.9 Å². The van der Waals surface area contributed by atoms with Crippen LogP contribution in [0.4, 0.5) is 10.1 Å². The SMILES string of the molecule is O=C(Nc1ccc2nc[nH]c2c1)c1cc(F)cc2[nH]ncc12. The van der Waals surface area contributed by atoms with E-state index in [4.69, 9.17) is 0 Å². The lowest BCUT2D eigenvalue weighted by molar-refractivity contribution is 0.102. The smallest absolute Gasteiger partial charge is 0.256 e. The minimum atomic E-state index is -0.495. The second-order valence-corrected chi connectivity index (χ2v) is 4.87. The first-order valence-electron chi connectivity index (χ1n) is 6.58. The zero-order chi connectivity index (χ0) is 15.1. The van der Waals surface area contributed by atoms with E-state index in [0.717, 1.165) is 11.0 Å². The van der Waals surface area contributed by atoms with Crippen molar-refractivity contribution in [2.24, 2.45) is 0 Å². The highest BCUT2D eigenvalue weighted by Crippen LogP contribution is 2.21. The van der Waals surface area contributed by atoms with Crippen molar-refractivity contribution in [3.05, 3.63) is 54.2 Å². The molecule has 0 saturated heterocycles. The summed E-state index contributed by atoms with van der Waals surface area (Å²) in [5.41, 5.74) is 2.93. The number of benzene rings is 2. The molecule has 4 rings (SSSR count). The van der Waals surface area contributed by atoms with Gasteiger partial charge in [-0.05, 0) is 30.3 Å². The summed E-state index contributed by atoms with van der Waals surface area (Å²) in [6.45, 7) is 0. The van der Waals surface area contributed by atoms with E-state index in [2.05, 4.69) is 25.5 Å². The van der Waals surface area contributed by atoms with Crippen LogP contribution < -0.4 is 5.32 Å². The Labute approximate surface area is 123 Å². The molecule has 0 radical (unpaired) electrons. The van der Waals surface area contributed by atoms with E-state index >= 15 is 0 Å². The molecule has 0 unspecified atom stereocenters. The van der Waals surface area contributed by atoms with Gasteiger partial charge in [0.1, 0.15) is 5.82 Å². The average molecular weight is 295 g/mol. The Balaban J connectivity index is 1.72. The summed E-state index contributed by atoms with van der Waals surface area (Å²) in [4.78, 5) is 19.5. The van der Waals surface area contributed by atoms with Gasteiger partial charge in [-0.15, -0.1) is 0 Å². The predicted octanol–water partition coefficient (Wildman–Crippen LogP) is 2.83. The normalized spacial score (nSPS) is 11.1. The quantitative estimate of drug-likeness (QED) is 0.531. The molecule has 0 spiro atoms. The summed E-state index contributed by atoms with van der Waals surface area (Å²) >= 11 is 0. The largest absolute Gasteiger partial charge is 0.345 e. The highest BCUT2D eigenvalue weighted by molar-refractivity contribution is 6.12. The maximum absolute atomic E-state index is 13.6. The molecule has 2 aromatic carbocycles. The number of hydrogen-bond acceptors (Lipinski definition) is 3. The van der Waals surface area contributed by atoms with Gasteiger partial charge >= 0.3 is 0 Å². The maximum atomic E-state index is 13.6. The monoisotopic (exact) mass is 295 g/mol. The minimum Gasteiger partial charge on any atom is -0.345 e. The molecule has 2 aromatic heterocycles. The van der Waals surface area contributed by atoms with Gasteiger partial charge in [0.15, 0.2) is 0 Å². The van der Waals surface area contributed by atoms with Gasteiger partial charge in [0.2, 0.25) is 0 Å². The Hall–Kier alpha value is -3.22. The van der Waals surface area contributed by atoms with Gasteiger partial charge in [-0.25, -0.2) is 9.37 Å². The molecule has 0 aliphatic carbocycles. The van der Waals surface area contributed by atoms with E-state index in [1.165, 1.54) is 18.3 Å². The molecular weight excluding hydrogens is 285 g/mol. The fourth-order valence-electron chi connectivity index (χ4n) is 2.42. The van der Waals surface area contributed by atoms with Crippen LogP contribution >= 0.6 is 0 Å². The van der Waals surface area contributed by atoms with Crippen LogP contribution in [-0.4, -0.2) is 26.1 Å². The topological polar surface area (TPSA) is 86.5 Å². The van der Waals surface area contributed by atoms with Gasteiger partial charge in [-0.3, -0.25) is 9.89 Å². The van der Waals surface area contributed by atoms with Crippen LogP contribution in [0.15, 0.2) is 42.9 Å². The Morgan fingerprint density at radius 3 is 3.00 bits per heavy atom. The molecule has 0 aliphatic heterocycles.